The predicted molar refractivity (Wildman–Crippen MR) is 127 cm³/mol. The second-order valence-electron chi connectivity index (χ2n) is 10.6. The van der Waals surface area contributed by atoms with Crippen LogP contribution in [-0.2, 0) is 14.3 Å². The minimum Gasteiger partial charge on any atom is -0.504 e. The number of ether oxygens (including phenoxy) is 3. The summed E-state index contributed by atoms with van der Waals surface area (Å²) in [6.07, 6.45) is 0.507. The van der Waals surface area contributed by atoms with Crippen LogP contribution in [0.15, 0.2) is 11.6 Å². The Labute approximate surface area is 201 Å². The van der Waals surface area contributed by atoms with Crippen LogP contribution in [-0.4, -0.2) is 52.5 Å². The number of rotatable bonds is 4. The Morgan fingerprint density at radius 1 is 1.09 bits per heavy atom. The molecule has 1 fully saturated rings. The van der Waals surface area contributed by atoms with E-state index in [2.05, 4.69) is 33.8 Å². The Morgan fingerprint density at radius 3 is 2.44 bits per heavy atom. The summed E-state index contributed by atoms with van der Waals surface area (Å²) < 4.78 is 16.9. The van der Waals surface area contributed by atoms with E-state index in [1.165, 1.54) is 23.6 Å². The number of hydrogen-bond donors (Lipinski definition) is 3. The van der Waals surface area contributed by atoms with Crippen LogP contribution in [0.5, 0.6) is 11.5 Å². The molecule has 2 aliphatic carbocycles. The van der Waals surface area contributed by atoms with Crippen LogP contribution in [0, 0.1) is 12.8 Å². The third-order valence-electron chi connectivity index (χ3n) is 7.75. The Kier molecular flexibility index (Phi) is 7.00. The summed E-state index contributed by atoms with van der Waals surface area (Å²) in [4.78, 5) is 11.5. The average molecular weight is 475 g/mol. The summed E-state index contributed by atoms with van der Waals surface area (Å²) in [7, 11) is 0. The van der Waals surface area contributed by atoms with Gasteiger partial charge < -0.3 is 29.5 Å². The van der Waals surface area contributed by atoms with Crippen LogP contribution in [0.3, 0.4) is 0 Å². The number of aliphatic hydroxyl groups is 2. The SMILES string of the molecule is CC(=O)O[C@@H]1[C@@H](O)[C@H](Oc2c(O)c(C)c3c4c2[C@@H](C)CC[C@@H]4[C@@H](C)C[C@@H]3C=C(C)C)OC[C@H]1O. The van der Waals surface area contributed by atoms with Crippen molar-refractivity contribution in [3.8, 4) is 11.5 Å². The zero-order valence-corrected chi connectivity index (χ0v) is 21.0. The number of phenolic OH excluding ortho intramolecular Hbond substituents is 1. The summed E-state index contributed by atoms with van der Waals surface area (Å²) >= 11 is 0. The van der Waals surface area contributed by atoms with Crippen molar-refractivity contribution in [3.05, 3.63) is 33.9 Å². The summed E-state index contributed by atoms with van der Waals surface area (Å²) in [6.45, 7) is 11.7. The van der Waals surface area contributed by atoms with Gasteiger partial charge in [0, 0.05) is 18.4 Å². The molecule has 4 rings (SSSR count). The first kappa shape index (κ1) is 25.0. The summed E-state index contributed by atoms with van der Waals surface area (Å²) in [5.74, 6) is 1.07. The van der Waals surface area contributed by atoms with Crippen molar-refractivity contribution in [2.75, 3.05) is 6.61 Å². The maximum atomic E-state index is 11.5. The van der Waals surface area contributed by atoms with Crippen LogP contribution in [0.1, 0.15) is 93.9 Å². The quantitative estimate of drug-likeness (QED) is 0.444. The lowest BCUT2D eigenvalue weighted by Gasteiger charge is -2.44. The van der Waals surface area contributed by atoms with Crippen molar-refractivity contribution in [3.63, 3.8) is 0 Å². The molecule has 0 amide bonds. The van der Waals surface area contributed by atoms with Crippen molar-refractivity contribution in [1.82, 2.24) is 0 Å². The van der Waals surface area contributed by atoms with Crippen molar-refractivity contribution in [2.24, 2.45) is 5.92 Å². The number of esters is 1. The normalized spacial score (nSPS) is 34.7. The number of allylic oxidation sites excluding steroid dienone is 2. The number of aromatic hydroxyl groups is 1. The Bertz CT molecular complexity index is 980. The van der Waals surface area contributed by atoms with Gasteiger partial charge in [-0.05, 0) is 74.5 Å². The molecule has 188 valence electrons. The van der Waals surface area contributed by atoms with Gasteiger partial charge in [0.2, 0.25) is 6.29 Å². The first-order valence-electron chi connectivity index (χ1n) is 12.4. The second kappa shape index (κ2) is 9.51. The maximum Gasteiger partial charge on any atom is 0.303 e. The van der Waals surface area contributed by atoms with E-state index in [9.17, 15) is 20.1 Å². The average Bonchev–Trinajstić information content (AvgIpc) is 2.75. The van der Waals surface area contributed by atoms with Crippen molar-refractivity contribution in [1.29, 1.82) is 0 Å². The number of benzene rings is 1. The Morgan fingerprint density at radius 2 is 1.79 bits per heavy atom. The molecular formula is C27H38O7. The van der Waals surface area contributed by atoms with E-state index in [-0.39, 0.29) is 24.2 Å². The molecule has 34 heavy (non-hydrogen) atoms. The monoisotopic (exact) mass is 474 g/mol. The molecule has 1 heterocycles. The molecule has 0 saturated carbocycles. The molecule has 1 aliphatic heterocycles. The van der Waals surface area contributed by atoms with E-state index < -0.39 is 30.6 Å². The van der Waals surface area contributed by atoms with Gasteiger partial charge in [0.1, 0.15) is 6.10 Å². The number of carbonyl (C=O) groups excluding carboxylic acids is 1. The highest BCUT2D eigenvalue weighted by Gasteiger charge is 2.45. The van der Waals surface area contributed by atoms with Gasteiger partial charge in [-0.3, -0.25) is 4.79 Å². The lowest BCUT2D eigenvalue weighted by molar-refractivity contribution is -0.249. The highest BCUT2D eigenvalue weighted by Crippen LogP contribution is 2.58. The first-order chi connectivity index (χ1) is 16.0. The molecule has 0 aromatic heterocycles. The zero-order valence-electron chi connectivity index (χ0n) is 21.0. The molecule has 0 spiro atoms. The number of hydrogen-bond acceptors (Lipinski definition) is 7. The second-order valence-corrected chi connectivity index (χ2v) is 10.6. The first-order valence-corrected chi connectivity index (χ1v) is 12.4. The Hall–Kier alpha value is -2.09. The molecule has 1 aromatic carbocycles. The van der Waals surface area contributed by atoms with Crippen LogP contribution in [0.2, 0.25) is 0 Å². The fraction of sp³-hybridized carbons (Fsp3) is 0.667. The van der Waals surface area contributed by atoms with Gasteiger partial charge in [0.15, 0.2) is 23.7 Å². The standard InChI is InChI=1S/C27H38O7/c1-12(2)9-17-10-14(4)18-8-7-13(3)20-22(18)21(17)15(5)23(30)26(20)34-27-24(31)25(33-16(6)28)19(29)11-32-27/h9,13-14,17-19,24-25,27,29-31H,7-8,10-11H2,1-6H3/t13-,14-,17-,18+,19+,24+,25-,27-/m0/s1. The number of carbonyl (C=O) groups is 1. The van der Waals surface area contributed by atoms with E-state index >= 15 is 0 Å². The zero-order chi connectivity index (χ0) is 24.9. The van der Waals surface area contributed by atoms with Crippen LogP contribution >= 0.6 is 0 Å². The highest BCUT2D eigenvalue weighted by molar-refractivity contribution is 5.66. The molecule has 8 atom stereocenters. The molecule has 7 heteroatoms. The van der Waals surface area contributed by atoms with Crippen molar-refractivity contribution >= 4 is 5.97 Å². The van der Waals surface area contributed by atoms with Crippen molar-refractivity contribution < 1.29 is 34.3 Å². The van der Waals surface area contributed by atoms with Gasteiger partial charge in [0.05, 0.1) is 6.61 Å². The van der Waals surface area contributed by atoms with Crippen LogP contribution in [0.4, 0.5) is 0 Å². The fourth-order valence-electron chi connectivity index (χ4n) is 6.23. The molecule has 3 aliphatic rings. The fourth-order valence-corrected chi connectivity index (χ4v) is 6.23. The molecule has 1 aromatic rings. The van der Waals surface area contributed by atoms with E-state index in [1.54, 1.807) is 0 Å². The van der Waals surface area contributed by atoms with E-state index in [1.807, 2.05) is 6.92 Å². The highest BCUT2D eigenvalue weighted by atomic mass is 16.7. The van der Waals surface area contributed by atoms with Gasteiger partial charge >= 0.3 is 5.97 Å². The summed E-state index contributed by atoms with van der Waals surface area (Å²) in [6, 6.07) is 0. The molecule has 1 saturated heterocycles. The number of phenols is 1. The molecule has 0 radical (unpaired) electrons. The van der Waals surface area contributed by atoms with Gasteiger partial charge in [-0.1, -0.05) is 25.5 Å². The maximum absolute atomic E-state index is 11.5. The van der Waals surface area contributed by atoms with Gasteiger partial charge in [-0.2, -0.15) is 0 Å². The molecule has 0 bridgehead atoms. The summed E-state index contributed by atoms with van der Waals surface area (Å²) in [5.41, 5.74) is 5.51. The van der Waals surface area contributed by atoms with Gasteiger partial charge in [0.25, 0.3) is 0 Å². The summed E-state index contributed by atoms with van der Waals surface area (Å²) in [5, 5.41) is 32.4. The van der Waals surface area contributed by atoms with Crippen molar-refractivity contribution in [2.45, 2.75) is 103 Å². The topological polar surface area (TPSA) is 105 Å². The largest absolute Gasteiger partial charge is 0.504 e. The smallest absolute Gasteiger partial charge is 0.303 e. The van der Waals surface area contributed by atoms with Gasteiger partial charge in [-0.25, -0.2) is 0 Å². The number of aliphatic hydroxyl groups excluding tert-OH is 2. The molecule has 0 unspecified atom stereocenters. The van der Waals surface area contributed by atoms with Crippen LogP contribution < -0.4 is 4.74 Å². The minimum absolute atomic E-state index is 0.0638. The third kappa shape index (κ3) is 4.34. The lowest BCUT2D eigenvalue weighted by atomic mass is 9.62. The Balaban J connectivity index is 1.80. The van der Waals surface area contributed by atoms with E-state index in [0.717, 1.165) is 30.4 Å². The minimum atomic E-state index is -1.40. The van der Waals surface area contributed by atoms with Crippen LogP contribution in [0.25, 0.3) is 0 Å². The van der Waals surface area contributed by atoms with E-state index in [0.29, 0.717) is 17.6 Å². The van der Waals surface area contributed by atoms with E-state index in [4.69, 9.17) is 14.2 Å². The lowest BCUT2D eigenvalue weighted by Crippen LogP contribution is -2.56. The molecule has 7 nitrogen and oxygen atoms in total. The third-order valence-corrected chi connectivity index (χ3v) is 7.75. The van der Waals surface area contributed by atoms with Gasteiger partial charge in [-0.15, -0.1) is 0 Å². The molecule has 3 N–H and O–H groups in total. The predicted octanol–water partition coefficient (Wildman–Crippen LogP) is 4.16. The molecular weight excluding hydrogens is 436 g/mol.